The topological polar surface area (TPSA) is 83.2 Å². The molecule has 1 aliphatic carbocycles. The van der Waals surface area contributed by atoms with E-state index in [0.29, 0.717) is 37.7 Å². The van der Waals surface area contributed by atoms with Gasteiger partial charge in [0.1, 0.15) is 5.69 Å². The lowest BCUT2D eigenvalue weighted by atomic mass is 9.99. The Labute approximate surface area is 165 Å². The Bertz CT molecular complexity index is 868. The van der Waals surface area contributed by atoms with Crippen molar-refractivity contribution in [2.24, 2.45) is 7.05 Å². The number of carbonyl (C=O) groups is 1. The molecule has 0 radical (unpaired) electrons. The highest BCUT2D eigenvalue weighted by Gasteiger charge is 2.32. The molecule has 0 bridgehead atoms. The van der Waals surface area contributed by atoms with Gasteiger partial charge in [-0.05, 0) is 32.8 Å². The first-order valence-electron chi connectivity index (χ1n) is 10.0. The molecule has 1 N–H and O–H groups in total. The van der Waals surface area contributed by atoms with Crippen LogP contribution in [0.4, 0.5) is 0 Å². The predicted molar refractivity (Wildman–Crippen MR) is 103 cm³/mol. The Morgan fingerprint density at radius 2 is 2.14 bits per heavy atom. The minimum atomic E-state index is -0.121. The zero-order valence-electron chi connectivity index (χ0n) is 17.1. The molecule has 8 heteroatoms. The van der Waals surface area contributed by atoms with E-state index in [2.05, 4.69) is 21.6 Å². The van der Waals surface area contributed by atoms with Crippen molar-refractivity contribution in [3.63, 3.8) is 0 Å². The lowest BCUT2D eigenvalue weighted by Crippen LogP contribution is -2.29. The Hall–Kier alpha value is -2.19. The highest BCUT2D eigenvalue weighted by molar-refractivity contribution is 5.94. The number of methoxy groups -OCH3 is 1. The van der Waals surface area contributed by atoms with Gasteiger partial charge in [0, 0.05) is 37.8 Å². The molecule has 1 fully saturated rings. The van der Waals surface area contributed by atoms with Crippen molar-refractivity contribution in [2.45, 2.75) is 64.3 Å². The molecule has 28 heavy (non-hydrogen) atoms. The number of nitrogens with one attached hydrogen (secondary N) is 1. The molecular formula is C20H29N5O3. The zero-order valence-corrected chi connectivity index (χ0v) is 17.1. The molecule has 2 aromatic rings. The number of ether oxygens (including phenoxy) is 2. The standard InChI is InChI=1S/C20H29N5O3/c1-12-9-16-18(13(2)28-12)23-25(7-8-27-4)19(16)20(26)21-11-15-10-17(14-5-6-14)24(3)22-15/h10,12-14H,5-9,11H2,1-4H3,(H,21,26)/t12-,13+/m0/s1. The Morgan fingerprint density at radius 1 is 1.36 bits per heavy atom. The van der Waals surface area contributed by atoms with E-state index < -0.39 is 0 Å². The molecule has 152 valence electrons. The summed E-state index contributed by atoms with van der Waals surface area (Å²) in [6, 6.07) is 2.10. The Morgan fingerprint density at radius 3 is 2.86 bits per heavy atom. The van der Waals surface area contributed by atoms with Gasteiger partial charge in [0.15, 0.2) is 0 Å². The molecule has 3 heterocycles. The van der Waals surface area contributed by atoms with Gasteiger partial charge < -0.3 is 14.8 Å². The average Bonchev–Trinajstić information content (AvgIpc) is 3.33. The summed E-state index contributed by atoms with van der Waals surface area (Å²) in [6.45, 7) is 5.45. The van der Waals surface area contributed by atoms with Crippen LogP contribution >= 0.6 is 0 Å². The quantitative estimate of drug-likeness (QED) is 0.787. The van der Waals surface area contributed by atoms with Gasteiger partial charge >= 0.3 is 0 Å². The maximum Gasteiger partial charge on any atom is 0.270 e. The second kappa shape index (κ2) is 7.67. The first kappa shape index (κ1) is 19.1. The number of amides is 1. The molecule has 0 aromatic carbocycles. The van der Waals surface area contributed by atoms with E-state index in [1.54, 1.807) is 11.8 Å². The van der Waals surface area contributed by atoms with Crippen LogP contribution in [-0.4, -0.2) is 45.3 Å². The van der Waals surface area contributed by atoms with Gasteiger partial charge in [-0.1, -0.05) is 0 Å². The summed E-state index contributed by atoms with van der Waals surface area (Å²) in [7, 11) is 3.62. The maximum atomic E-state index is 13.1. The van der Waals surface area contributed by atoms with Gasteiger partial charge in [-0.2, -0.15) is 10.2 Å². The third-order valence-corrected chi connectivity index (χ3v) is 5.51. The van der Waals surface area contributed by atoms with Crippen LogP contribution in [-0.2, 0) is 36.0 Å². The van der Waals surface area contributed by atoms with Gasteiger partial charge in [0.25, 0.3) is 5.91 Å². The van der Waals surface area contributed by atoms with Crippen molar-refractivity contribution >= 4 is 5.91 Å². The van der Waals surface area contributed by atoms with Crippen LogP contribution in [0.1, 0.15) is 71.8 Å². The van der Waals surface area contributed by atoms with Gasteiger partial charge in [0.2, 0.25) is 0 Å². The van der Waals surface area contributed by atoms with Gasteiger partial charge in [0.05, 0.1) is 43.3 Å². The van der Waals surface area contributed by atoms with E-state index in [4.69, 9.17) is 9.47 Å². The molecule has 1 amide bonds. The highest BCUT2D eigenvalue weighted by Crippen LogP contribution is 2.40. The van der Waals surface area contributed by atoms with Crippen LogP contribution in [0.2, 0.25) is 0 Å². The van der Waals surface area contributed by atoms with Crippen molar-refractivity contribution in [3.05, 3.63) is 34.4 Å². The minimum Gasteiger partial charge on any atom is -0.383 e. The van der Waals surface area contributed by atoms with E-state index in [0.717, 1.165) is 17.0 Å². The van der Waals surface area contributed by atoms with Crippen molar-refractivity contribution < 1.29 is 14.3 Å². The maximum absolute atomic E-state index is 13.1. The van der Waals surface area contributed by atoms with Gasteiger partial charge in [-0.15, -0.1) is 0 Å². The molecule has 0 saturated heterocycles. The van der Waals surface area contributed by atoms with E-state index in [1.165, 1.54) is 18.5 Å². The molecule has 4 rings (SSSR count). The normalized spacial score (nSPS) is 21.6. The number of hydrogen-bond acceptors (Lipinski definition) is 5. The smallest absolute Gasteiger partial charge is 0.270 e. The molecule has 2 aromatic heterocycles. The molecule has 2 aliphatic rings. The summed E-state index contributed by atoms with van der Waals surface area (Å²) in [5.41, 5.74) is 4.60. The van der Waals surface area contributed by atoms with Crippen LogP contribution in [0.3, 0.4) is 0 Å². The summed E-state index contributed by atoms with van der Waals surface area (Å²) in [5.74, 6) is 0.511. The van der Waals surface area contributed by atoms with Crippen molar-refractivity contribution in [1.82, 2.24) is 24.9 Å². The fourth-order valence-electron chi connectivity index (χ4n) is 4.03. The Balaban J connectivity index is 1.54. The lowest BCUT2D eigenvalue weighted by molar-refractivity contribution is -0.00716. The van der Waals surface area contributed by atoms with Crippen molar-refractivity contribution in [2.75, 3.05) is 13.7 Å². The lowest BCUT2D eigenvalue weighted by Gasteiger charge is -2.24. The average molecular weight is 387 g/mol. The van der Waals surface area contributed by atoms with E-state index in [-0.39, 0.29) is 18.1 Å². The molecule has 1 saturated carbocycles. The van der Waals surface area contributed by atoms with Crippen LogP contribution in [0.25, 0.3) is 0 Å². The molecule has 8 nitrogen and oxygen atoms in total. The minimum absolute atomic E-state index is 0.0611. The zero-order chi connectivity index (χ0) is 19.8. The number of hydrogen-bond donors (Lipinski definition) is 1. The van der Waals surface area contributed by atoms with Crippen molar-refractivity contribution in [3.8, 4) is 0 Å². The summed E-state index contributed by atoms with van der Waals surface area (Å²) in [5, 5.41) is 12.2. The number of aromatic nitrogens is 4. The third kappa shape index (κ3) is 3.71. The largest absolute Gasteiger partial charge is 0.383 e. The van der Waals surface area contributed by atoms with Gasteiger partial charge in [-0.25, -0.2) is 0 Å². The fourth-order valence-corrected chi connectivity index (χ4v) is 4.03. The third-order valence-electron chi connectivity index (χ3n) is 5.51. The number of nitrogens with zero attached hydrogens (tertiary/aromatic N) is 4. The number of carbonyl (C=O) groups excluding carboxylic acids is 1. The van der Waals surface area contributed by atoms with Crippen LogP contribution < -0.4 is 5.32 Å². The predicted octanol–water partition coefficient (Wildman–Crippen LogP) is 2.09. The summed E-state index contributed by atoms with van der Waals surface area (Å²) < 4.78 is 14.8. The first-order chi connectivity index (χ1) is 13.5. The summed E-state index contributed by atoms with van der Waals surface area (Å²) >= 11 is 0. The van der Waals surface area contributed by atoms with E-state index in [9.17, 15) is 4.79 Å². The molecule has 2 atom stereocenters. The van der Waals surface area contributed by atoms with Gasteiger partial charge in [-0.3, -0.25) is 14.2 Å². The Kier molecular flexibility index (Phi) is 5.25. The monoisotopic (exact) mass is 387 g/mol. The van der Waals surface area contributed by atoms with Crippen LogP contribution in [0, 0.1) is 0 Å². The van der Waals surface area contributed by atoms with Crippen LogP contribution in [0.15, 0.2) is 6.07 Å². The van der Waals surface area contributed by atoms with E-state index in [1.807, 2.05) is 25.6 Å². The van der Waals surface area contributed by atoms with Crippen LogP contribution in [0.5, 0.6) is 0 Å². The second-order valence-electron chi connectivity index (χ2n) is 7.86. The highest BCUT2D eigenvalue weighted by atomic mass is 16.5. The first-order valence-corrected chi connectivity index (χ1v) is 10.0. The van der Waals surface area contributed by atoms with E-state index >= 15 is 0 Å². The summed E-state index contributed by atoms with van der Waals surface area (Å²) in [4.78, 5) is 13.1. The molecule has 0 unspecified atom stereocenters. The molecule has 0 spiro atoms. The van der Waals surface area contributed by atoms with Crippen molar-refractivity contribution in [1.29, 1.82) is 0 Å². The second-order valence-corrected chi connectivity index (χ2v) is 7.86. The fraction of sp³-hybridized carbons (Fsp3) is 0.650. The number of rotatable bonds is 7. The molecule has 1 aliphatic heterocycles. The summed E-state index contributed by atoms with van der Waals surface area (Å²) in [6.07, 6.45) is 3.09. The molecular weight excluding hydrogens is 358 g/mol. The number of aryl methyl sites for hydroxylation is 1. The SMILES string of the molecule is COCCn1nc2c(c1C(=O)NCc1cc(C3CC3)n(C)n1)C[C@H](C)O[C@@H]2C. The number of fused-ring (bicyclic) bond motifs is 1.